The van der Waals surface area contributed by atoms with Gasteiger partial charge in [-0.05, 0) is 52.3 Å². The SMILES string of the molecule is CC(C)NC(=O)C/C(Cc1ccc(C#N)cc1)=N\C(=O)OC(C)(C)C. The Hall–Kier alpha value is -2.68. The van der Waals surface area contributed by atoms with Crippen molar-refractivity contribution in [3.05, 3.63) is 35.4 Å². The number of amides is 2. The molecule has 0 fully saturated rings. The van der Waals surface area contributed by atoms with Crippen molar-refractivity contribution < 1.29 is 14.3 Å². The van der Waals surface area contributed by atoms with Gasteiger partial charge < -0.3 is 10.1 Å². The molecule has 0 saturated heterocycles. The molecule has 0 unspecified atom stereocenters. The second kappa shape index (κ2) is 8.97. The van der Waals surface area contributed by atoms with Crippen molar-refractivity contribution in [3.63, 3.8) is 0 Å². The van der Waals surface area contributed by atoms with Crippen molar-refractivity contribution >= 4 is 17.7 Å². The highest BCUT2D eigenvalue weighted by molar-refractivity contribution is 6.05. The summed E-state index contributed by atoms with van der Waals surface area (Å²) in [6.45, 7) is 9.00. The maximum absolute atomic E-state index is 12.0. The van der Waals surface area contributed by atoms with Crippen LogP contribution in [0.25, 0.3) is 0 Å². The van der Waals surface area contributed by atoms with Crippen LogP contribution < -0.4 is 5.32 Å². The fraction of sp³-hybridized carbons (Fsp3) is 0.474. The van der Waals surface area contributed by atoms with Gasteiger partial charge in [-0.1, -0.05) is 12.1 Å². The van der Waals surface area contributed by atoms with E-state index in [4.69, 9.17) is 10.00 Å². The molecule has 0 spiro atoms. The van der Waals surface area contributed by atoms with Gasteiger partial charge in [0.1, 0.15) is 5.60 Å². The van der Waals surface area contributed by atoms with Crippen molar-refractivity contribution in [2.75, 3.05) is 0 Å². The van der Waals surface area contributed by atoms with Gasteiger partial charge in [-0.25, -0.2) is 4.79 Å². The number of rotatable bonds is 5. The van der Waals surface area contributed by atoms with Crippen LogP contribution >= 0.6 is 0 Å². The Balaban J connectivity index is 2.94. The molecule has 25 heavy (non-hydrogen) atoms. The molecule has 0 aliphatic heterocycles. The molecule has 0 aromatic heterocycles. The largest absolute Gasteiger partial charge is 0.442 e. The summed E-state index contributed by atoms with van der Waals surface area (Å²) in [5, 5.41) is 11.6. The quantitative estimate of drug-likeness (QED) is 0.830. The summed E-state index contributed by atoms with van der Waals surface area (Å²) in [5.41, 5.74) is 1.17. The van der Waals surface area contributed by atoms with Gasteiger partial charge in [0.2, 0.25) is 5.91 Å². The van der Waals surface area contributed by atoms with Gasteiger partial charge in [-0.3, -0.25) is 4.79 Å². The number of nitrogens with one attached hydrogen (secondary N) is 1. The Morgan fingerprint density at radius 2 is 1.84 bits per heavy atom. The van der Waals surface area contributed by atoms with Crippen LogP contribution in [0.3, 0.4) is 0 Å². The monoisotopic (exact) mass is 343 g/mol. The summed E-state index contributed by atoms with van der Waals surface area (Å²) < 4.78 is 5.20. The zero-order valence-corrected chi connectivity index (χ0v) is 15.4. The molecular weight excluding hydrogens is 318 g/mol. The van der Waals surface area contributed by atoms with Crippen LogP contribution in [0.5, 0.6) is 0 Å². The molecule has 6 heteroatoms. The average molecular weight is 343 g/mol. The molecule has 1 aromatic rings. The average Bonchev–Trinajstić information content (AvgIpc) is 2.44. The number of nitriles is 1. The molecule has 1 N–H and O–H groups in total. The Morgan fingerprint density at radius 1 is 1.24 bits per heavy atom. The Morgan fingerprint density at radius 3 is 2.32 bits per heavy atom. The molecule has 0 radical (unpaired) electrons. The van der Waals surface area contributed by atoms with E-state index in [0.29, 0.717) is 17.7 Å². The molecule has 0 aliphatic rings. The molecular formula is C19H25N3O3. The number of hydrogen-bond acceptors (Lipinski definition) is 4. The second-order valence-electron chi connectivity index (χ2n) is 7.04. The minimum absolute atomic E-state index is 0.00480. The number of hydrogen-bond donors (Lipinski definition) is 1. The highest BCUT2D eigenvalue weighted by Crippen LogP contribution is 2.11. The lowest BCUT2D eigenvalue weighted by Gasteiger charge is -2.18. The van der Waals surface area contributed by atoms with Crippen LogP contribution in [0.4, 0.5) is 4.79 Å². The van der Waals surface area contributed by atoms with E-state index < -0.39 is 11.7 Å². The summed E-state index contributed by atoms with van der Waals surface area (Å²) in [5.74, 6) is -0.203. The lowest BCUT2D eigenvalue weighted by molar-refractivity contribution is -0.120. The third-order valence-corrected chi connectivity index (χ3v) is 2.95. The van der Waals surface area contributed by atoms with Crippen LogP contribution in [0.2, 0.25) is 0 Å². The van der Waals surface area contributed by atoms with Crippen LogP contribution in [0, 0.1) is 11.3 Å². The highest BCUT2D eigenvalue weighted by atomic mass is 16.6. The molecule has 1 aromatic carbocycles. The summed E-state index contributed by atoms with van der Waals surface area (Å²) in [7, 11) is 0. The van der Waals surface area contributed by atoms with E-state index in [1.54, 1.807) is 45.0 Å². The molecule has 6 nitrogen and oxygen atoms in total. The minimum atomic E-state index is -0.714. The molecule has 0 bridgehead atoms. The van der Waals surface area contributed by atoms with Crippen molar-refractivity contribution in [1.29, 1.82) is 5.26 Å². The predicted octanol–water partition coefficient (Wildman–Crippen LogP) is 3.39. The third-order valence-electron chi connectivity index (χ3n) is 2.95. The summed E-state index contributed by atoms with van der Waals surface area (Å²) in [4.78, 5) is 28.0. The highest BCUT2D eigenvalue weighted by Gasteiger charge is 2.18. The number of benzene rings is 1. The molecule has 1 rings (SSSR count). The van der Waals surface area contributed by atoms with Crippen molar-refractivity contribution in [1.82, 2.24) is 5.32 Å². The maximum atomic E-state index is 12.0. The van der Waals surface area contributed by atoms with Crippen molar-refractivity contribution in [3.8, 4) is 6.07 Å². The van der Waals surface area contributed by atoms with E-state index in [-0.39, 0.29) is 18.4 Å². The van der Waals surface area contributed by atoms with E-state index in [1.165, 1.54) is 0 Å². The van der Waals surface area contributed by atoms with Crippen LogP contribution in [0.15, 0.2) is 29.3 Å². The van der Waals surface area contributed by atoms with Gasteiger partial charge >= 0.3 is 6.09 Å². The van der Waals surface area contributed by atoms with Gasteiger partial charge in [0.15, 0.2) is 0 Å². The van der Waals surface area contributed by atoms with Crippen LogP contribution in [0.1, 0.15) is 52.2 Å². The number of carbonyl (C=O) groups is 2. The fourth-order valence-corrected chi connectivity index (χ4v) is 2.05. The fourth-order valence-electron chi connectivity index (χ4n) is 2.05. The first-order valence-corrected chi connectivity index (χ1v) is 8.17. The third kappa shape index (κ3) is 8.66. The minimum Gasteiger partial charge on any atom is -0.442 e. The standard InChI is InChI=1S/C19H25N3O3/c1-13(2)21-17(23)11-16(22-18(24)25-19(3,4)5)10-14-6-8-15(12-20)9-7-14/h6-9,13H,10-11H2,1-5H3,(H,21,23)/b22-16-. The topological polar surface area (TPSA) is 91.5 Å². The zero-order chi connectivity index (χ0) is 19.0. The smallest absolute Gasteiger partial charge is 0.434 e. The number of carbonyl (C=O) groups excluding carboxylic acids is 2. The van der Waals surface area contributed by atoms with Crippen molar-refractivity contribution in [2.45, 2.75) is 59.1 Å². The number of aliphatic imine (C=N–C) groups is 1. The van der Waals surface area contributed by atoms with Gasteiger partial charge in [0, 0.05) is 18.2 Å². The Labute approximate surface area is 148 Å². The van der Waals surface area contributed by atoms with Gasteiger partial charge in [-0.15, -0.1) is 0 Å². The first-order valence-electron chi connectivity index (χ1n) is 8.17. The van der Waals surface area contributed by atoms with Crippen molar-refractivity contribution in [2.24, 2.45) is 4.99 Å². The summed E-state index contributed by atoms with van der Waals surface area (Å²) in [6.07, 6.45) is -0.373. The van der Waals surface area contributed by atoms with E-state index >= 15 is 0 Å². The second-order valence-corrected chi connectivity index (χ2v) is 7.04. The zero-order valence-electron chi connectivity index (χ0n) is 15.4. The predicted molar refractivity (Wildman–Crippen MR) is 96.4 cm³/mol. The van der Waals surface area contributed by atoms with E-state index in [2.05, 4.69) is 16.4 Å². The Bertz CT molecular complexity index is 677. The molecule has 0 heterocycles. The molecule has 134 valence electrons. The summed E-state index contributed by atoms with van der Waals surface area (Å²) >= 11 is 0. The first-order chi connectivity index (χ1) is 11.6. The van der Waals surface area contributed by atoms with Gasteiger partial charge in [-0.2, -0.15) is 10.3 Å². The molecule has 2 amide bonds. The molecule has 0 atom stereocenters. The van der Waals surface area contributed by atoms with Gasteiger partial charge in [0.05, 0.1) is 18.1 Å². The lowest BCUT2D eigenvalue weighted by atomic mass is 10.0. The Kier molecular flexibility index (Phi) is 7.31. The number of nitrogens with zero attached hydrogens (tertiary/aromatic N) is 2. The van der Waals surface area contributed by atoms with Crippen LogP contribution in [-0.4, -0.2) is 29.4 Å². The maximum Gasteiger partial charge on any atom is 0.434 e. The van der Waals surface area contributed by atoms with Crippen LogP contribution in [-0.2, 0) is 16.0 Å². The van der Waals surface area contributed by atoms with E-state index in [0.717, 1.165) is 5.56 Å². The molecule has 0 aliphatic carbocycles. The van der Waals surface area contributed by atoms with Gasteiger partial charge in [0.25, 0.3) is 0 Å². The summed E-state index contributed by atoms with van der Waals surface area (Å²) in [6, 6.07) is 9.00. The normalized spacial score (nSPS) is 11.8. The van der Waals surface area contributed by atoms with E-state index in [1.807, 2.05) is 13.8 Å². The lowest BCUT2D eigenvalue weighted by Crippen LogP contribution is -2.32. The molecule has 0 saturated carbocycles. The van der Waals surface area contributed by atoms with E-state index in [9.17, 15) is 9.59 Å². The first kappa shape index (κ1) is 20.4. The number of ether oxygens (including phenoxy) is 1.